The van der Waals surface area contributed by atoms with Crippen LogP contribution in [0.4, 0.5) is 0 Å². The van der Waals surface area contributed by atoms with Crippen molar-refractivity contribution in [1.29, 1.82) is 5.26 Å². The third-order valence-corrected chi connectivity index (χ3v) is 1.52. The predicted molar refractivity (Wildman–Crippen MR) is 49.8 cm³/mol. The number of aliphatic imine (C=N–C) groups is 1. The summed E-state index contributed by atoms with van der Waals surface area (Å²) in [7, 11) is 0. The number of nitriles is 1. The van der Waals surface area contributed by atoms with Crippen LogP contribution >= 0.6 is 12.2 Å². The second kappa shape index (κ2) is 4.40. The van der Waals surface area contributed by atoms with E-state index < -0.39 is 6.04 Å². The molecule has 0 aliphatic carbocycles. The molecule has 0 amide bonds. The number of hydrogen-bond donors (Lipinski definition) is 0. The highest BCUT2D eigenvalue weighted by Gasteiger charge is 2.05. The van der Waals surface area contributed by atoms with E-state index in [9.17, 15) is 0 Å². The molecular weight excluding hydrogens is 168 g/mol. The van der Waals surface area contributed by atoms with Crippen molar-refractivity contribution in [2.75, 3.05) is 0 Å². The highest BCUT2D eigenvalue weighted by atomic mass is 32.1. The first kappa shape index (κ1) is 8.61. The average Bonchev–Trinajstić information content (AvgIpc) is 2.15. The standard InChI is InChI=1S/C9H6N2S/c10-6-9(11-7-12)8-4-2-1-3-5-8/h1-5,9H. The monoisotopic (exact) mass is 174 g/mol. The number of hydrogen-bond acceptors (Lipinski definition) is 3. The van der Waals surface area contributed by atoms with E-state index in [-0.39, 0.29) is 0 Å². The summed E-state index contributed by atoms with van der Waals surface area (Å²) in [5.41, 5.74) is 0.845. The van der Waals surface area contributed by atoms with Crippen LogP contribution in [0.1, 0.15) is 11.6 Å². The smallest absolute Gasteiger partial charge is 0.171 e. The lowest BCUT2D eigenvalue weighted by Gasteiger charge is -1.99. The first-order valence-corrected chi connectivity index (χ1v) is 3.81. The lowest BCUT2D eigenvalue weighted by Crippen LogP contribution is -1.89. The van der Waals surface area contributed by atoms with E-state index >= 15 is 0 Å². The third kappa shape index (κ3) is 2.00. The van der Waals surface area contributed by atoms with Crippen molar-refractivity contribution in [2.45, 2.75) is 6.04 Å². The third-order valence-electron chi connectivity index (χ3n) is 1.42. The fraction of sp³-hybridized carbons (Fsp3) is 0.111. The SMILES string of the molecule is N#CC(N=C=S)c1ccccc1. The topological polar surface area (TPSA) is 36.1 Å². The van der Waals surface area contributed by atoms with Gasteiger partial charge in [0.1, 0.15) is 0 Å². The van der Waals surface area contributed by atoms with Crippen molar-refractivity contribution < 1.29 is 0 Å². The largest absolute Gasteiger partial charge is 0.209 e. The van der Waals surface area contributed by atoms with Gasteiger partial charge in [0.25, 0.3) is 0 Å². The highest BCUT2D eigenvalue weighted by Crippen LogP contribution is 2.14. The second-order valence-electron chi connectivity index (χ2n) is 2.16. The molecule has 1 aromatic carbocycles. The molecule has 0 radical (unpaired) electrons. The summed E-state index contributed by atoms with van der Waals surface area (Å²) in [5, 5.41) is 10.9. The zero-order valence-corrected chi connectivity index (χ0v) is 7.08. The van der Waals surface area contributed by atoms with Crippen LogP contribution in [0, 0.1) is 11.3 Å². The van der Waals surface area contributed by atoms with Crippen molar-refractivity contribution in [1.82, 2.24) is 0 Å². The quantitative estimate of drug-likeness (QED) is 0.509. The van der Waals surface area contributed by atoms with Crippen LogP contribution in [0.5, 0.6) is 0 Å². The van der Waals surface area contributed by atoms with Crippen LogP contribution in [0.15, 0.2) is 35.3 Å². The molecular formula is C9H6N2S. The molecule has 0 bridgehead atoms. The van der Waals surface area contributed by atoms with E-state index in [1.807, 2.05) is 36.4 Å². The summed E-state index contributed by atoms with van der Waals surface area (Å²) in [4.78, 5) is 3.72. The molecule has 0 fully saturated rings. The Labute approximate surface area is 76.2 Å². The van der Waals surface area contributed by atoms with Gasteiger partial charge in [-0.25, -0.2) is 4.99 Å². The van der Waals surface area contributed by atoms with E-state index in [0.717, 1.165) is 5.56 Å². The second-order valence-corrected chi connectivity index (χ2v) is 2.35. The van der Waals surface area contributed by atoms with E-state index in [1.165, 1.54) is 0 Å². The van der Waals surface area contributed by atoms with E-state index in [4.69, 9.17) is 5.26 Å². The van der Waals surface area contributed by atoms with Gasteiger partial charge < -0.3 is 0 Å². The van der Waals surface area contributed by atoms with Crippen LogP contribution in [0.25, 0.3) is 0 Å². The number of thiocarbonyl (C=S) groups is 1. The Bertz CT molecular complexity index is 333. The fourth-order valence-electron chi connectivity index (χ4n) is 0.866. The van der Waals surface area contributed by atoms with Crippen molar-refractivity contribution in [3.05, 3.63) is 35.9 Å². The number of nitrogens with zero attached hydrogens (tertiary/aromatic N) is 2. The van der Waals surface area contributed by atoms with Crippen LogP contribution in [-0.4, -0.2) is 5.16 Å². The molecule has 0 aromatic heterocycles. The van der Waals surface area contributed by atoms with Gasteiger partial charge in [-0.15, -0.1) is 0 Å². The van der Waals surface area contributed by atoms with Gasteiger partial charge in [0.2, 0.25) is 0 Å². The van der Waals surface area contributed by atoms with Gasteiger partial charge >= 0.3 is 0 Å². The Hall–Kier alpha value is -1.49. The summed E-state index contributed by atoms with van der Waals surface area (Å²) < 4.78 is 0. The van der Waals surface area contributed by atoms with Crippen molar-refractivity contribution in [3.63, 3.8) is 0 Å². The molecule has 2 nitrogen and oxygen atoms in total. The number of rotatable bonds is 2. The van der Waals surface area contributed by atoms with Gasteiger partial charge in [-0.1, -0.05) is 30.3 Å². The highest BCUT2D eigenvalue weighted by molar-refractivity contribution is 7.78. The maximum Gasteiger partial charge on any atom is 0.171 e. The molecule has 1 rings (SSSR count). The summed E-state index contributed by atoms with van der Waals surface area (Å²) in [6, 6.07) is 10.8. The van der Waals surface area contributed by atoms with E-state index in [1.54, 1.807) is 0 Å². The molecule has 0 spiro atoms. The van der Waals surface area contributed by atoms with Gasteiger partial charge in [0.05, 0.1) is 11.2 Å². The Morgan fingerprint density at radius 3 is 2.50 bits per heavy atom. The summed E-state index contributed by atoms with van der Waals surface area (Å²) >= 11 is 4.43. The van der Waals surface area contributed by atoms with Crippen LogP contribution < -0.4 is 0 Å². The zero-order valence-electron chi connectivity index (χ0n) is 6.27. The van der Waals surface area contributed by atoms with E-state index in [0.29, 0.717) is 0 Å². The normalized spacial score (nSPS) is 10.9. The van der Waals surface area contributed by atoms with Gasteiger partial charge in [-0.3, -0.25) is 0 Å². The zero-order chi connectivity index (χ0) is 8.81. The number of benzene rings is 1. The Kier molecular flexibility index (Phi) is 3.16. The number of isothiocyanates is 1. The molecule has 0 N–H and O–H groups in total. The van der Waals surface area contributed by atoms with Crippen molar-refractivity contribution >= 4 is 17.4 Å². The summed E-state index contributed by atoms with van der Waals surface area (Å²) in [5.74, 6) is 0. The molecule has 12 heavy (non-hydrogen) atoms. The minimum absolute atomic E-state index is 0.510. The molecule has 3 heteroatoms. The maximum atomic E-state index is 8.68. The molecule has 0 saturated carbocycles. The lowest BCUT2D eigenvalue weighted by molar-refractivity contribution is 0.937. The first-order valence-electron chi connectivity index (χ1n) is 3.40. The van der Waals surface area contributed by atoms with Gasteiger partial charge in [-0.2, -0.15) is 5.26 Å². The predicted octanol–water partition coefficient (Wildman–Crippen LogP) is 2.35. The van der Waals surface area contributed by atoms with Gasteiger partial charge in [0, 0.05) is 0 Å². The average molecular weight is 174 g/mol. The summed E-state index contributed by atoms with van der Waals surface area (Å²) in [6.07, 6.45) is 0. The van der Waals surface area contributed by atoms with Crippen molar-refractivity contribution in [2.24, 2.45) is 4.99 Å². The molecule has 1 atom stereocenters. The minimum atomic E-state index is -0.510. The Balaban J connectivity index is 2.97. The first-order chi connectivity index (χ1) is 5.88. The van der Waals surface area contributed by atoms with Gasteiger partial charge in [-0.05, 0) is 17.8 Å². The molecule has 0 aliphatic heterocycles. The fourth-order valence-corrected chi connectivity index (χ4v) is 0.971. The van der Waals surface area contributed by atoms with Gasteiger partial charge in [0.15, 0.2) is 6.04 Å². The Morgan fingerprint density at radius 2 is 2.00 bits per heavy atom. The van der Waals surface area contributed by atoms with Crippen LogP contribution in [-0.2, 0) is 0 Å². The molecule has 1 unspecified atom stereocenters. The lowest BCUT2D eigenvalue weighted by atomic mass is 10.1. The molecule has 58 valence electrons. The Morgan fingerprint density at radius 1 is 1.33 bits per heavy atom. The maximum absolute atomic E-state index is 8.68. The minimum Gasteiger partial charge on any atom is -0.209 e. The molecule has 1 aromatic rings. The van der Waals surface area contributed by atoms with Crippen LogP contribution in [0.2, 0.25) is 0 Å². The van der Waals surface area contributed by atoms with Crippen LogP contribution in [0.3, 0.4) is 0 Å². The van der Waals surface area contributed by atoms with E-state index in [2.05, 4.69) is 22.4 Å². The molecule has 0 heterocycles. The molecule has 0 aliphatic rings. The summed E-state index contributed by atoms with van der Waals surface area (Å²) in [6.45, 7) is 0. The van der Waals surface area contributed by atoms with Crippen molar-refractivity contribution in [3.8, 4) is 6.07 Å². The molecule has 0 saturated heterocycles.